The number of nitrogens with one attached hydrogen (secondary N) is 2. The smallest absolute Gasteiger partial charge is 0.262 e. The molecular weight excluding hydrogens is 379 g/mol. The van der Waals surface area contributed by atoms with Gasteiger partial charge >= 0.3 is 0 Å². The van der Waals surface area contributed by atoms with Crippen molar-refractivity contribution in [1.29, 1.82) is 0 Å². The molecule has 28 heavy (non-hydrogen) atoms. The fraction of sp³-hybridized carbons (Fsp3) is 0.0952. The van der Waals surface area contributed by atoms with Crippen LogP contribution in [0.2, 0.25) is 0 Å². The van der Waals surface area contributed by atoms with Gasteiger partial charge in [-0.05, 0) is 55.3 Å². The Bertz CT molecular complexity index is 1140. The number of anilines is 2. The highest BCUT2D eigenvalue weighted by Gasteiger charge is 2.20. The van der Waals surface area contributed by atoms with Gasteiger partial charge in [-0.3, -0.25) is 9.52 Å². The van der Waals surface area contributed by atoms with Gasteiger partial charge in [0.2, 0.25) is 0 Å². The Morgan fingerprint density at radius 2 is 1.50 bits per heavy atom. The van der Waals surface area contributed by atoms with Crippen molar-refractivity contribution >= 4 is 27.3 Å². The number of para-hydroxylation sites is 2. The zero-order valence-electron chi connectivity index (χ0n) is 15.4. The van der Waals surface area contributed by atoms with E-state index in [1.807, 2.05) is 6.07 Å². The summed E-state index contributed by atoms with van der Waals surface area (Å²) in [6.07, 6.45) is 0. The van der Waals surface area contributed by atoms with Gasteiger partial charge in [0.15, 0.2) is 0 Å². The van der Waals surface area contributed by atoms with E-state index in [-0.39, 0.29) is 16.1 Å². The Labute approximate surface area is 163 Å². The van der Waals surface area contributed by atoms with Crippen molar-refractivity contribution in [2.75, 3.05) is 10.0 Å². The van der Waals surface area contributed by atoms with Gasteiger partial charge in [-0.2, -0.15) is 0 Å². The molecule has 0 aliphatic carbocycles. The van der Waals surface area contributed by atoms with Crippen molar-refractivity contribution < 1.29 is 17.6 Å². The average Bonchev–Trinajstić information content (AvgIpc) is 2.65. The van der Waals surface area contributed by atoms with E-state index in [9.17, 15) is 17.6 Å². The van der Waals surface area contributed by atoms with E-state index in [1.54, 1.807) is 44.2 Å². The van der Waals surface area contributed by atoms with Gasteiger partial charge in [0, 0.05) is 5.56 Å². The maximum absolute atomic E-state index is 13.8. The maximum atomic E-state index is 13.8. The predicted molar refractivity (Wildman–Crippen MR) is 108 cm³/mol. The van der Waals surface area contributed by atoms with Crippen LogP contribution in [-0.4, -0.2) is 14.3 Å². The number of aryl methyl sites for hydroxylation is 2. The summed E-state index contributed by atoms with van der Waals surface area (Å²) < 4.78 is 42.0. The molecule has 1 amide bonds. The first-order valence-electron chi connectivity index (χ1n) is 8.53. The van der Waals surface area contributed by atoms with Crippen molar-refractivity contribution in [1.82, 2.24) is 0 Å². The first kappa shape index (κ1) is 19.6. The van der Waals surface area contributed by atoms with Gasteiger partial charge in [0.25, 0.3) is 15.9 Å². The van der Waals surface area contributed by atoms with E-state index >= 15 is 0 Å². The average molecular weight is 398 g/mol. The van der Waals surface area contributed by atoms with Crippen LogP contribution in [0.25, 0.3) is 0 Å². The highest BCUT2D eigenvalue weighted by atomic mass is 32.2. The van der Waals surface area contributed by atoms with Crippen LogP contribution >= 0.6 is 0 Å². The van der Waals surface area contributed by atoms with Crippen LogP contribution in [-0.2, 0) is 10.0 Å². The molecule has 0 radical (unpaired) electrons. The first-order valence-corrected chi connectivity index (χ1v) is 10.0. The molecule has 0 heterocycles. The summed E-state index contributed by atoms with van der Waals surface area (Å²) in [5.41, 5.74) is 1.86. The fourth-order valence-corrected chi connectivity index (χ4v) is 4.08. The van der Waals surface area contributed by atoms with Crippen molar-refractivity contribution in [3.8, 4) is 0 Å². The highest BCUT2D eigenvalue weighted by Crippen LogP contribution is 2.23. The molecule has 0 aliphatic heterocycles. The Kier molecular flexibility index (Phi) is 5.46. The predicted octanol–water partition coefficient (Wildman–Crippen LogP) is 4.50. The lowest BCUT2D eigenvalue weighted by Crippen LogP contribution is -2.18. The Morgan fingerprint density at radius 1 is 0.857 bits per heavy atom. The van der Waals surface area contributed by atoms with Gasteiger partial charge in [-0.25, -0.2) is 12.8 Å². The number of carbonyl (C=O) groups excluding carboxylic acids is 1. The van der Waals surface area contributed by atoms with Crippen LogP contribution < -0.4 is 10.0 Å². The summed E-state index contributed by atoms with van der Waals surface area (Å²) in [7, 11) is -3.91. The second-order valence-corrected chi connectivity index (χ2v) is 7.99. The lowest BCUT2D eigenvalue weighted by Gasteiger charge is -2.13. The van der Waals surface area contributed by atoms with E-state index in [4.69, 9.17) is 0 Å². The lowest BCUT2D eigenvalue weighted by molar-refractivity contribution is 0.102. The number of hydrogen-bond donors (Lipinski definition) is 2. The van der Waals surface area contributed by atoms with Crippen LogP contribution in [0.1, 0.15) is 21.5 Å². The second kappa shape index (κ2) is 7.82. The molecule has 0 unspecified atom stereocenters. The maximum Gasteiger partial charge on any atom is 0.262 e. The number of amides is 1. The summed E-state index contributed by atoms with van der Waals surface area (Å²) in [6, 6.07) is 17.1. The largest absolute Gasteiger partial charge is 0.319 e. The van der Waals surface area contributed by atoms with Crippen LogP contribution in [0.4, 0.5) is 15.8 Å². The molecule has 0 aromatic heterocycles. The minimum absolute atomic E-state index is 0.0167. The topological polar surface area (TPSA) is 75.3 Å². The second-order valence-electron chi connectivity index (χ2n) is 6.33. The van der Waals surface area contributed by atoms with Crippen molar-refractivity contribution in [3.05, 3.63) is 89.2 Å². The molecular formula is C21H19FN2O3S. The van der Waals surface area contributed by atoms with E-state index in [2.05, 4.69) is 10.0 Å². The molecule has 2 N–H and O–H groups in total. The van der Waals surface area contributed by atoms with Gasteiger partial charge in [-0.15, -0.1) is 0 Å². The Balaban J connectivity index is 1.92. The monoisotopic (exact) mass is 398 g/mol. The molecule has 0 saturated heterocycles. The molecule has 144 valence electrons. The summed E-state index contributed by atoms with van der Waals surface area (Å²) in [4.78, 5) is 12.5. The quantitative estimate of drug-likeness (QED) is 0.665. The number of sulfonamides is 1. The minimum Gasteiger partial charge on any atom is -0.319 e. The number of carbonyl (C=O) groups is 1. The molecule has 3 aromatic rings. The highest BCUT2D eigenvalue weighted by molar-refractivity contribution is 7.92. The summed E-state index contributed by atoms with van der Waals surface area (Å²) in [5, 5.41) is 2.45. The van der Waals surface area contributed by atoms with E-state index in [1.165, 1.54) is 30.3 Å². The van der Waals surface area contributed by atoms with Gasteiger partial charge in [0.1, 0.15) is 5.82 Å². The Morgan fingerprint density at radius 3 is 2.18 bits per heavy atom. The third kappa shape index (κ3) is 4.20. The van der Waals surface area contributed by atoms with Gasteiger partial charge in [0.05, 0.1) is 16.3 Å². The third-order valence-corrected chi connectivity index (χ3v) is 5.76. The van der Waals surface area contributed by atoms with E-state index < -0.39 is 21.7 Å². The first-order chi connectivity index (χ1) is 13.3. The fourth-order valence-electron chi connectivity index (χ4n) is 2.68. The lowest BCUT2D eigenvalue weighted by atomic mass is 10.1. The summed E-state index contributed by atoms with van der Waals surface area (Å²) >= 11 is 0. The molecule has 0 fully saturated rings. The zero-order valence-corrected chi connectivity index (χ0v) is 16.2. The molecule has 5 nitrogen and oxygen atoms in total. The minimum atomic E-state index is -3.91. The number of rotatable bonds is 5. The number of halogens is 1. The Hall–Kier alpha value is -3.19. The molecule has 3 rings (SSSR count). The SMILES string of the molecule is Cc1ccccc1NS(=O)(=O)c1cc(C(=O)Nc2ccccc2F)ccc1C. The molecule has 0 saturated carbocycles. The van der Waals surface area contributed by atoms with Crippen LogP contribution in [0.15, 0.2) is 71.6 Å². The van der Waals surface area contributed by atoms with Crippen molar-refractivity contribution in [3.63, 3.8) is 0 Å². The van der Waals surface area contributed by atoms with Gasteiger partial charge < -0.3 is 5.32 Å². The van der Waals surface area contributed by atoms with E-state index in [0.29, 0.717) is 11.3 Å². The molecule has 0 atom stereocenters. The van der Waals surface area contributed by atoms with Crippen molar-refractivity contribution in [2.24, 2.45) is 0 Å². The molecule has 0 bridgehead atoms. The number of benzene rings is 3. The number of hydrogen-bond acceptors (Lipinski definition) is 3. The van der Waals surface area contributed by atoms with Gasteiger partial charge in [-0.1, -0.05) is 36.4 Å². The molecule has 0 spiro atoms. The summed E-state index contributed by atoms with van der Waals surface area (Å²) in [5.74, 6) is -1.17. The normalized spacial score (nSPS) is 11.1. The van der Waals surface area contributed by atoms with Crippen molar-refractivity contribution in [2.45, 2.75) is 18.7 Å². The van der Waals surface area contributed by atoms with Crippen LogP contribution in [0.3, 0.4) is 0 Å². The van der Waals surface area contributed by atoms with Crippen LogP contribution in [0, 0.1) is 19.7 Å². The zero-order chi connectivity index (χ0) is 20.3. The molecule has 3 aromatic carbocycles. The molecule has 0 aliphatic rings. The van der Waals surface area contributed by atoms with Crippen LogP contribution in [0.5, 0.6) is 0 Å². The van der Waals surface area contributed by atoms with E-state index in [0.717, 1.165) is 5.56 Å². The standard InChI is InChI=1S/C21H19FN2O3S/c1-14-7-3-5-9-18(14)24-28(26,27)20-13-16(12-11-15(20)2)21(25)23-19-10-6-4-8-17(19)22/h3-13,24H,1-2H3,(H,23,25). The third-order valence-electron chi connectivity index (χ3n) is 4.25. The molecule has 7 heteroatoms. The summed E-state index contributed by atoms with van der Waals surface area (Å²) in [6.45, 7) is 3.44.